The topological polar surface area (TPSA) is 67.2 Å². The van der Waals surface area contributed by atoms with E-state index in [0.717, 1.165) is 5.56 Å². The number of rotatable bonds is 8. The normalized spacial score (nSPS) is 11.2. The van der Waals surface area contributed by atoms with Gasteiger partial charge in [0.1, 0.15) is 12.4 Å². The monoisotopic (exact) mass is 470 g/mol. The Kier molecular flexibility index (Phi) is 7.87. The quantitative estimate of drug-likeness (QED) is 0.469. The maximum absolute atomic E-state index is 13.7. The first-order chi connectivity index (χ1) is 15.7. The van der Waals surface area contributed by atoms with E-state index < -0.39 is 5.82 Å². The van der Waals surface area contributed by atoms with E-state index in [1.165, 1.54) is 12.1 Å². The van der Waals surface area contributed by atoms with Crippen molar-refractivity contribution in [3.05, 3.63) is 65.6 Å². The summed E-state index contributed by atoms with van der Waals surface area (Å²) in [6, 6.07) is 13.6. The van der Waals surface area contributed by atoms with Crippen molar-refractivity contribution in [3.63, 3.8) is 0 Å². The van der Waals surface area contributed by atoms with Gasteiger partial charge in [-0.15, -0.1) is 0 Å². The number of hydrogen-bond donors (Lipinski definition) is 1. The van der Waals surface area contributed by atoms with Gasteiger partial charge < -0.3 is 4.90 Å². The Morgan fingerprint density at radius 1 is 1.12 bits per heavy atom. The van der Waals surface area contributed by atoms with Gasteiger partial charge in [-0.1, -0.05) is 55.8 Å². The number of carbonyl (C=O) groups is 2. The van der Waals surface area contributed by atoms with Crippen molar-refractivity contribution < 1.29 is 14.0 Å². The van der Waals surface area contributed by atoms with Crippen LogP contribution in [0.15, 0.2) is 54.7 Å². The molecule has 0 aliphatic carbocycles. The molecule has 0 saturated carbocycles. The lowest BCUT2D eigenvalue weighted by Crippen LogP contribution is -2.43. The summed E-state index contributed by atoms with van der Waals surface area (Å²) in [6.45, 7) is 7.58. The summed E-state index contributed by atoms with van der Waals surface area (Å²) in [4.78, 5) is 31.7. The van der Waals surface area contributed by atoms with Gasteiger partial charge in [-0.05, 0) is 38.0 Å². The first kappa shape index (κ1) is 24.5. The van der Waals surface area contributed by atoms with Crippen LogP contribution in [0.5, 0.6) is 0 Å². The molecular weight excluding hydrogens is 443 g/mol. The average Bonchev–Trinajstić information content (AvgIpc) is 3.17. The smallest absolute Gasteiger partial charge is 0.246 e. The highest BCUT2D eigenvalue weighted by Crippen LogP contribution is 2.26. The molecule has 6 nitrogen and oxygen atoms in total. The second kappa shape index (κ2) is 10.6. The van der Waals surface area contributed by atoms with Gasteiger partial charge in [0.05, 0.1) is 16.4 Å². The molecule has 3 rings (SSSR count). The van der Waals surface area contributed by atoms with Crippen LogP contribution >= 0.6 is 11.6 Å². The van der Waals surface area contributed by atoms with Crippen LogP contribution in [0.2, 0.25) is 5.02 Å². The van der Waals surface area contributed by atoms with Crippen molar-refractivity contribution in [1.29, 1.82) is 0 Å². The van der Waals surface area contributed by atoms with Crippen LogP contribution in [-0.4, -0.2) is 38.9 Å². The Bertz CT molecular complexity index is 1130. The number of nitrogens with one attached hydrogen (secondary N) is 1. The summed E-state index contributed by atoms with van der Waals surface area (Å²) in [6.07, 6.45) is 2.12. The van der Waals surface area contributed by atoms with E-state index in [0.29, 0.717) is 17.8 Å². The van der Waals surface area contributed by atoms with Crippen molar-refractivity contribution in [3.8, 4) is 16.9 Å². The Morgan fingerprint density at radius 2 is 1.82 bits per heavy atom. The predicted molar refractivity (Wildman–Crippen MR) is 129 cm³/mol. The zero-order valence-electron chi connectivity index (χ0n) is 19.2. The van der Waals surface area contributed by atoms with Crippen LogP contribution in [-0.2, 0) is 9.59 Å². The number of hydrogen-bond acceptors (Lipinski definition) is 3. The molecule has 0 saturated heterocycles. The minimum atomic E-state index is -0.536. The van der Waals surface area contributed by atoms with Crippen molar-refractivity contribution in [2.75, 3.05) is 11.9 Å². The van der Waals surface area contributed by atoms with E-state index in [1.807, 2.05) is 58.0 Å². The molecule has 1 N–H and O–H groups in total. The van der Waals surface area contributed by atoms with Crippen LogP contribution in [0.4, 0.5) is 10.3 Å². The summed E-state index contributed by atoms with van der Waals surface area (Å²) in [5.41, 5.74) is 2.03. The fourth-order valence-corrected chi connectivity index (χ4v) is 3.57. The van der Waals surface area contributed by atoms with Crippen LogP contribution < -0.4 is 5.32 Å². The highest BCUT2D eigenvalue weighted by atomic mass is 35.5. The molecular formula is C25H28ClFN4O2. The van der Waals surface area contributed by atoms with Crippen molar-refractivity contribution in [2.45, 2.75) is 40.2 Å². The summed E-state index contributed by atoms with van der Waals surface area (Å²) in [7, 11) is 0. The van der Waals surface area contributed by atoms with E-state index in [9.17, 15) is 14.0 Å². The number of aromatic nitrogens is 2. The minimum absolute atomic E-state index is 0.0370. The summed E-state index contributed by atoms with van der Waals surface area (Å²) in [5.74, 6) is -0.543. The lowest BCUT2D eigenvalue weighted by Gasteiger charge is -2.27. The number of amides is 2. The van der Waals surface area contributed by atoms with Crippen LogP contribution in [0.25, 0.3) is 16.9 Å². The fraction of sp³-hybridized carbons (Fsp3) is 0.320. The molecule has 1 heterocycles. The van der Waals surface area contributed by atoms with E-state index >= 15 is 0 Å². The van der Waals surface area contributed by atoms with Crippen LogP contribution in [0, 0.1) is 11.7 Å². The highest BCUT2D eigenvalue weighted by molar-refractivity contribution is 6.30. The predicted octanol–water partition coefficient (Wildman–Crippen LogP) is 5.55. The number of imidazole rings is 1. The molecule has 0 unspecified atom stereocenters. The van der Waals surface area contributed by atoms with Gasteiger partial charge in [0.25, 0.3) is 0 Å². The fourth-order valence-electron chi connectivity index (χ4n) is 3.39. The van der Waals surface area contributed by atoms with Gasteiger partial charge in [0.2, 0.25) is 17.8 Å². The van der Waals surface area contributed by atoms with Crippen LogP contribution in [0.1, 0.15) is 34.1 Å². The summed E-state index contributed by atoms with van der Waals surface area (Å²) in [5, 5.41) is 2.77. The molecule has 0 atom stereocenters. The Balaban J connectivity index is 1.92. The maximum atomic E-state index is 13.7. The third kappa shape index (κ3) is 6.20. The molecule has 1 aromatic heterocycles. The van der Waals surface area contributed by atoms with Crippen molar-refractivity contribution in [2.24, 2.45) is 5.92 Å². The van der Waals surface area contributed by atoms with Gasteiger partial charge in [-0.25, -0.2) is 9.37 Å². The Morgan fingerprint density at radius 3 is 2.42 bits per heavy atom. The standard InChI is InChI=1S/C25H28ClFN4O2/c1-16(2)12-24(33)30(17(3)4)15-23(32)29-25-28-22(18-8-6-5-7-9-18)14-31(25)19-10-11-21(27)20(26)13-19/h5-11,13-14,16-17H,12,15H2,1-4H3,(H,28,29,32). The molecule has 0 spiro atoms. The second-order valence-electron chi connectivity index (χ2n) is 8.55. The second-order valence-corrected chi connectivity index (χ2v) is 8.95. The van der Waals surface area contributed by atoms with Crippen LogP contribution in [0.3, 0.4) is 0 Å². The van der Waals surface area contributed by atoms with E-state index in [1.54, 1.807) is 21.7 Å². The van der Waals surface area contributed by atoms with E-state index in [4.69, 9.17) is 11.6 Å². The first-order valence-corrected chi connectivity index (χ1v) is 11.2. The van der Waals surface area contributed by atoms with Gasteiger partial charge >= 0.3 is 0 Å². The van der Waals surface area contributed by atoms with E-state index in [2.05, 4.69) is 10.3 Å². The zero-order valence-corrected chi connectivity index (χ0v) is 19.9. The molecule has 2 amide bonds. The van der Waals surface area contributed by atoms with Gasteiger partial charge in [-0.3, -0.25) is 19.5 Å². The van der Waals surface area contributed by atoms with Crippen molar-refractivity contribution >= 4 is 29.4 Å². The SMILES string of the molecule is CC(C)CC(=O)N(CC(=O)Nc1nc(-c2ccccc2)cn1-c1ccc(F)c(Cl)c1)C(C)C. The molecule has 33 heavy (non-hydrogen) atoms. The van der Waals surface area contributed by atoms with Gasteiger partial charge in [0.15, 0.2) is 0 Å². The number of nitrogens with zero attached hydrogens (tertiary/aromatic N) is 3. The van der Waals surface area contributed by atoms with E-state index in [-0.39, 0.29) is 41.3 Å². The first-order valence-electron chi connectivity index (χ1n) is 10.8. The molecule has 8 heteroatoms. The van der Waals surface area contributed by atoms with Crippen molar-refractivity contribution in [1.82, 2.24) is 14.5 Å². The number of benzene rings is 2. The maximum Gasteiger partial charge on any atom is 0.246 e. The largest absolute Gasteiger partial charge is 0.331 e. The summed E-state index contributed by atoms with van der Waals surface area (Å²) < 4.78 is 15.4. The third-order valence-corrected chi connectivity index (χ3v) is 5.34. The molecule has 0 radical (unpaired) electrons. The average molecular weight is 471 g/mol. The van der Waals surface area contributed by atoms with Gasteiger partial charge in [-0.2, -0.15) is 0 Å². The molecule has 2 aromatic carbocycles. The molecule has 0 aliphatic rings. The number of carbonyl (C=O) groups excluding carboxylic acids is 2. The lowest BCUT2D eigenvalue weighted by molar-refractivity contribution is -0.137. The number of halogens is 2. The zero-order chi connectivity index (χ0) is 24.1. The Labute approximate surface area is 198 Å². The molecule has 3 aromatic rings. The number of anilines is 1. The third-order valence-electron chi connectivity index (χ3n) is 5.05. The highest BCUT2D eigenvalue weighted by Gasteiger charge is 2.22. The Hall–Kier alpha value is -3.19. The molecule has 0 aliphatic heterocycles. The van der Waals surface area contributed by atoms with Gasteiger partial charge in [0, 0.05) is 24.2 Å². The lowest BCUT2D eigenvalue weighted by atomic mass is 10.1. The molecule has 174 valence electrons. The minimum Gasteiger partial charge on any atom is -0.331 e. The molecule has 0 fully saturated rings. The summed E-state index contributed by atoms with van der Waals surface area (Å²) >= 11 is 5.99. The molecule has 0 bridgehead atoms.